The van der Waals surface area contributed by atoms with Crippen LogP contribution in [0.3, 0.4) is 0 Å². The Kier molecular flexibility index (Phi) is 3.35. The molecule has 1 saturated carbocycles. The summed E-state index contributed by atoms with van der Waals surface area (Å²) in [5.74, 6) is 0.0581. The topological polar surface area (TPSA) is 54.5 Å². The van der Waals surface area contributed by atoms with E-state index in [1.165, 1.54) is 4.31 Å². The molecule has 1 heterocycles. The van der Waals surface area contributed by atoms with Crippen LogP contribution in [0.2, 0.25) is 0 Å². The molecule has 0 spiro atoms. The number of hydrogen-bond acceptors (Lipinski definition) is 3. The van der Waals surface area contributed by atoms with E-state index in [2.05, 4.69) is 0 Å². The zero-order valence-electron chi connectivity index (χ0n) is 9.68. The molecule has 5 heteroatoms. The maximum Gasteiger partial charge on any atom is 0.217 e. The first-order valence-corrected chi connectivity index (χ1v) is 7.54. The molecular weight excluding hydrogens is 226 g/mol. The normalized spacial score (nSPS) is 29.8. The molecule has 1 aliphatic heterocycles. The lowest BCUT2D eigenvalue weighted by atomic mass is 10.0. The van der Waals surface area contributed by atoms with Gasteiger partial charge in [0, 0.05) is 25.4 Å². The molecule has 0 aromatic heterocycles. The number of rotatable bonds is 2. The van der Waals surface area contributed by atoms with Gasteiger partial charge in [0.15, 0.2) is 0 Å². The van der Waals surface area contributed by atoms with Crippen LogP contribution in [0.1, 0.15) is 39.0 Å². The number of carbonyl (C=O) groups is 1. The zero-order valence-corrected chi connectivity index (χ0v) is 10.5. The van der Waals surface area contributed by atoms with Crippen LogP contribution in [-0.4, -0.2) is 36.8 Å². The van der Waals surface area contributed by atoms with Crippen LogP contribution >= 0.6 is 0 Å². The average Bonchev–Trinajstić information content (AvgIpc) is 2.75. The highest BCUT2D eigenvalue weighted by atomic mass is 32.2. The summed E-state index contributed by atoms with van der Waals surface area (Å²) < 4.78 is 26.0. The summed E-state index contributed by atoms with van der Waals surface area (Å²) in [7, 11) is -3.14. The summed E-state index contributed by atoms with van der Waals surface area (Å²) in [4.78, 5) is 11.4. The Morgan fingerprint density at radius 3 is 2.44 bits per heavy atom. The minimum Gasteiger partial charge on any atom is -0.299 e. The minimum absolute atomic E-state index is 0.134. The third-order valence-electron chi connectivity index (χ3n) is 3.72. The number of nitrogens with zero attached hydrogens (tertiary/aromatic N) is 1. The van der Waals surface area contributed by atoms with Gasteiger partial charge in [0.1, 0.15) is 5.78 Å². The largest absolute Gasteiger partial charge is 0.299 e. The molecule has 4 nitrogen and oxygen atoms in total. The van der Waals surface area contributed by atoms with Crippen molar-refractivity contribution < 1.29 is 13.2 Å². The minimum atomic E-state index is -3.14. The molecule has 0 radical (unpaired) electrons. The second-order valence-corrected chi connectivity index (χ2v) is 7.14. The Bertz CT molecular complexity index is 371. The number of ketones is 1. The summed E-state index contributed by atoms with van der Waals surface area (Å²) >= 11 is 0. The van der Waals surface area contributed by atoms with E-state index in [0.29, 0.717) is 19.5 Å². The summed E-state index contributed by atoms with van der Waals surface area (Å²) in [5.41, 5.74) is 0. The predicted octanol–water partition coefficient (Wildman–Crippen LogP) is 1.17. The molecule has 1 saturated heterocycles. The quantitative estimate of drug-likeness (QED) is 0.734. The van der Waals surface area contributed by atoms with Gasteiger partial charge in [-0.15, -0.1) is 0 Å². The summed E-state index contributed by atoms with van der Waals surface area (Å²) in [6, 6.07) is 0. The van der Waals surface area contributed by atoms with Gasteiger partial charge in [0.25, 0.3) is 0 Å². The number of hydrogen-bond donors (Lipinski definition) is 0. The lowest BCUT2D eigenvalue weighted by Crippen LogP contribution is -2.46. The van der Waals surface area contributed by atoms with Crippen LogP contribution in [0.4, 0.5) is 0 Å². The summed E-state index contributed by atoms with van der Waals surface area (Å²) in [5, 5.41) is -0.187. The molecule has 2 fully saturated rings. The van der Waals surface area contributed by atoms with Gasteiger partial charge in [-0.2, -0.15) is 0 Å². The zero-order chi connectivity index (χ0) is 11.8. The highest BCUT2D eigenvalue weighted by Gasteiger charge is 2.37. The van der Waals surface area contributed by atoms with E-state index in [0.717, 1.165) is 25.7 Å². The van der Waals surface area contributed by atoms with Gasteiger partial charge in [0.05, 0.1) is 5.25 Å². The Hall–Kier alpha value is -0.420. The van der Waals surface area contributed by atoms with Crippen LogP contribution < -0.4 is 0 Å². The van der Waals surface area contributed by atoms with E-state index in [1.807, 2.05) is 6.92 Å². The molecular formula is C11H19NO3S. The van der Waals surface area contributed by atoms with Gasteiger partial charge in [0.2, 0.25) is 10.0 Å². The molecule has 0 aromatic rings. The van der Waals surface area contributed by atoms with E-state index in [-0.39, 0.29) is 17.0 Å². The molecule has 0 bridgehead atoms. The maximum atomic E-state index is 12.3. The highest BCUT2D eigenvalue weighted by molar-refractivity contribution is 7.89. The lowest BCUT2D eigenvalue weighted by Gasteiger charge is -2.31. The second kappa shape index (κ2) is 4.45. The van der Waals surface area contributed by atoms with Crippen LogP contribution in [0.5, 0.6) is 0 Å². The Labute approximate surface area is 97.1 Å². The van der Waals surface area contributed by atoms with Gasteiger partial charge in [-0.1, -0.05) is 19.8 Å². The molecule has 0 N–H and O–H groups in total. The Morgan fingerprint density at radius 2 is 1.88 bits per heavy atom. The first-order chi connectivity index (χ1) is 7.51. The Balaban J connectivity index is 2.09. The first kappa shape index (κ1) is 12.0. The number of carbonyl (C=O) groups excluding carboxylic acids is 1. The number of piperidine rings is 1. The standard InChI is InChI=1S/C11H19NO3S/c1-9-8-12(7-6-11(9)13)16(14,15)10-4-2-3-5-10/h9-10H,2-8H2,1H3. The van der Waals surface area contributed by atoms with Gasteiger partial charge in [-0.05, 0) is 12.8 Å². The van der Waals surface area contributed by atoms with Crippen LogP contribution in [0.15, 0.2) is 0 Å². The average molecular weight is 245 g/mol. The fourth-order valence-corrected chi connectivity index (χ4v) is 4.74. The van der Waals surface area contributed by atoms with Gasteiger partial charge in [-0.25, -0.2) is 12.7 Å². The molecule has 1 atom stereocenters. The Morgan fingerprint density at radius 1 is 1.25 bits per heavy atom. The van der Waals surface area contributed by atoms with Crippen molar-refractivity contribution >= 4 is 15.8 Å². The van der Waals surface area contributed by atoms with E-state index in [1.54, 1.807) is 0 Å². The third kappa shape index (κ3) is 2.15. The molecule has 92 valence electrons. The predicted molar refractivity (Wildman–Crippen MR) is 61.5 cm³/mol. The molecule has 1 aliphatic carbocycles. The molecule has 0 aromatic carbocycles. The van der Waals surface area contributed by atoms with Crippen LogP contribution in [-0.2, 0) is 14.8 Å². The van der Waals surface area contributed by atoms with Crippen molar-refractivity contribution in [2.75, 3.05) is 13.1 Å². The smallest absolute Gasteiger partial charge is 0.217 e. The van der Waals surface area contributed by atoms with Gasteiger partial charge >= 0.3 is 0 Å². The third-order valence-corrected chi connectivity index (χ3v) is 6.08. The summed E-state index contributed by atoms with van der Waals surface area (Å²) in [6.07, 6.45) is 4.01. The number of Topliss-reactive ketones (excluding diaryl/α,β-unsaturated/α-hetero) is 1. The lowest BCUT2D eigenvalue weighted by molar-refractivity contribution is -0.124. The molecule has 1 unspecified atom stereocenters. The molecule has 0 amide bonds. The van der Waals surface area contributed by atoms with Crippen molar-refractivity contribution in [3.63, 3.8) is 0 Å². The SMILES string of the molecule is CC1CN(S(=O)(=O)C2CCCC2)CCC1=O. The monoisotopic (exact) mass is 245 g/mol. The van der Waals surface area contributed by atoms with E-state index >= 15 is 0 Å². The first-order valence-electron chi connectivity index (χ1n) is 6.03. The van der Waals surface area contributed by atoms with Crippen molar-refractivity contribution in [1.29, 1.82) is 0 Å². The van der Waals surface area contributed by atoms with Crippen molar-refractivity contribution in [3.05, 3.63) is 0 Å². The highest BCUT2D eigenvalue weighted by Crippen LogP contribution is 2.29. The van der Waals surface area contributed by atoms with Crippen molar-refractivity contribution in [3.8, 4) is 0 Å². The fourth-order valence-electron chi connectivity index (χ4n) is 2.61. The molecule has 16 heavy (non-hydrogen) atoms. The number of sulfonamides is 1. The second-order valence-electron chi connectivity index (χ2n) is 4.93. The molecule has 2 rings (SSSR count). The molecule has 2 aliphatic rings. The van der Waals surface area contributed by atoms with Crippen molar-refractivity contribution in [1.82, 2.24) is 4.31 Å². The summed E-state index contributed by atoms with van der Waals surface area (Å²) in [6.45, 7) is 2.60. The van der Waals surface area contributed by atoms with Gasteiger partial charge < -0.3 is 0 Å². The van der Waals surface area contributed by atoms with Crippen molar-refractivity contribution in [2.45, 2.75) is 44.3 Å². The van der Waals surface area contributed by atoms with E-state index < -0.39 is 10.0 Å². The van der Waals surface area contributed by atoms with Crippen LogP contribution in [0, 0.1) is 5.92 Å². The fraction of sp³-hybridized carbons (Fsp3) is 0.909. The van der Waals surface area contributed by atoms with Crippen molar-refractivity contribution in [2.24, 2.45) is 5.92 Å². The van der Waals surface area contributed by atoms with E-state index in [4.69, 9.17) is 0 Å². The van der Waals surface area contributed by atoms with Crippen LogP contribution in [0.25, 0.3) is 0 Å². The van der Waals surface area contributed by atoms with E-state index in [9.17, 15) is 13.2 Å². The maximum absolute atomic E-state index is 12.3. The van der Waals surface area contributed by atoms with Gasteiger partial charge in [-0.3, -0.25) is 4.79 Å².